The number of aliphatic carboxylic acids is 1. The molecule has 2 rings (SSSR count). The molecule has 6 nitrogen and oxygen atoms in total. The maximum atomic E-state index is 12.5. The van der Waals surface area contributed by atoms with Crippen LogP contribution in [0.5, 0.6) is 0 Å². The third kappa shape index (κ3) is 4.23. The normalized spacial score (nSPS) is 10.6. The van der Waals surface area contributed by atoms with Gasteiger partial charge < -0.3 is 19.7 Å². The molecule has 1 amide bonds. The first-order valence-electron chi connectivity index (χ1n) is 7.74. The first-order valence-corrected chi connectivity index (χ1v) is 7.74. The monoisotopic (exact) mass is 330 g/mol. The Labute approximate surface area is 141 Å². The van der Waals surface area contributed by atoms with Crippen LogP contribution in [0.2, 0.25) is 0 Å². The van der Waals surface area contributed by atoms with Crippen molar-refractivity contribution in [2.75, 3.05) is 19.8 Å². The van der Waals surface area contributed by atoms with Crippen molar-refractivity contribution in [3.8, 4) is 5.69 Å². The molecule has 0 saturated heterocycles. The predicted octanol–water partition coefficient (Wildman–Crippen LogP) is 2.23. The second kappa shape index (κ2) is 7.79. The Morgan fingerprint density at radius 2 is 1.79 bits per heavy atom. The highest BCUT2D eigenvalue weighted by Crippen LogP contribution is 2.21. The quantitative estimate of drug-likeness (QED) is 0.763. The van der Waals surface area contributed by atoms with E-state index in [1.54, 1.807) is 0 Å². The zero-order valence-corrected chi connectivity index (χ0v) is 14.1. The van der Waals surface area contributed by atoms with Gasteiger partial charge >= 0.3 is 5.97 Å². The van der Waals surface area contributed by atoms with Gasteiger partial charge in [-0.1, -0.05) is 11.6 Å². The second-order valence-electron chi connectivity index (χ2n) is 5.67. The van der Waals surface area contributed by atoms with Crippen LogP contribution < -0.4 is 5.32 Å². The number of aromatic nitrogens is 1. The van der Waals surface area contributed by atoms with Crippen molar-refractivity contribution in [1.82, 2.24) is 9.88 Å². The minimum Gasteiger partial charge on any atom is -0.480 e. The molecule has 0 aliphatic rings. The van der Waals surface area contributed by atoms with E-state index in [0.717, 1.165) is 22.6 Å². The van der Waals surface area contributed by atoms with Gasteiger partial charge in [-0.15, -0.1) is 0 Å². The van der Waals surface area contributed by atoms with Crippen molar-refractivity contribution >= 4 is 11.9 Å². The molecule has 0 fully saturated rings. The maximum absolute atomic E-state index is 12.5. The number of carbonyl (C=O) groups is 2. The lowest BCUT2D eigenvalue weighted by Gasteiger charge is -2.15. The summed E-state index contributed by atoms with van der Waals surface area (Å²) >= 11 is 0. The van der Waals surface area contributed by atoms with E-state index in [1.807, 2.05) is 55.7 Å². The molecule has 0 radical (unpaired) electrons. The molecule has 0 spiro atoms. The highest BCUT2D eigenvalue weighted by molar-refractivity contribution is 5.98. The minimum atomic E-state index is -1.03. The summed E-state index contributed by atoms with van der Waals surface area (Å²) in [6, 6.07) is 9.78. The number of hydrogen-bond donors (Lipinski definition) is 2. The van der Waals surface area contributed by atoms with Crippen molar-refractivity contribution in [3.63, 3.8) is 0 Å². The van der Waals surface area contributed by atoms with Crippen LogP contribution in [0.3, 0.4) is 0 Å². The van der Waals surface area contributed by atoms with Crippen LogP contribution >= 0.6 is 0 Å². The van der Waals surface area contributed by atoms with Gasteiger partial charge in [0, 0.05) is 17.9 Å². The summed E-state index contributed by atoms with van der Waals surface area (Å²) in [5.41, 5.74) is 4.50. The molecule has 2 aromatic rings. The van der Waals surface area contributed by atoms with Crippen LogP contribution in [0.4, 0.5) is 0 Å². The number of benzene rings is 1. The molecule has 0 aliphatic heterocycles. The van der Waals surface area contributed by atoms with E-state index in [9.17, 15) is 9.59 Å². The summed E-state index contributed by atoms with van der Waals surface area (Å²) in [6.07, 6.45) is 0. The molecule has 6 heteroatoms. The molecule has 0 saturated carbocycles. The highest BCUT2D eigenvalue weighted by atomic mass is 16.5. The molecule has 1 aromatic carbocycles. The van der Waals surface area contributed by atoms with Gasteiger partial charge in [0.2, 0.25) is 0 Å². The third-order valence-corrected chi connectivity index (χ3v) is 3.67. The van der Waals surface area contributed by atoms with Crippen molar-refractivity contribution in [1.29, 1.82) is 0 Å². The predicted molar refractivity (Wildman–Crippen MR) is 90.8 cm³/mol. The fourth-order valence-electron chi connectivity index (χ4n) is 2.57. The van der Waals surface area contributed by atoms with Gasteiger partial charge in [0.05, 0.1) is 17.9 Å². The van der Waals surface area contributed by atoms with Crippen LogP contribution in [0.1, 0.15) is 27.3 Å². The van der Waals surface area contributed by atoms with Crippen molar-refractivity contribution in [2.24, 2.45) is 0 Å². The number of aryl methyl sites for hydroxylation is 3. The van der Waals surface area contributed by atoms with Crippen LogP contribution in [0.25, 0.3) is 5.69 Å². The third-order valence-electron chi connectivity index (χ3n) is 3.67. The van der Waals surface area contributed by atoms with E-state index in [1.165, 1.54) is 0 Å². The number of rotatable bonds is 7. The van der Waals surface area contributed by atoms with Gasteiger partial charge in [-0.2, -0.15) is 0 Å². The van der Waals surface area contributed by atoms with Gasteiger partial charge in [0.25, 0.3) is 5.91 Å². The molecule has 1 heterocycles. The number of nitrogens with zero attached hydrogens (tertiary/aromatic N) is 1. The fraction of sp³-hybridized carbons (Fsp3) is 0.333. The Bertz CT molecular complexity index is 730. The number of carboxylic acid groups (broad SMARTS) is 1. The summed E-state index contributed by atoms with van der Waals surface area (Å²) in [7, 11) is 0. The average Bonchev–Trinajstić information content (AvgIpc) is 2.85. The van der Waals surface area contributed by atoms with Crippen LogP contribution in [0.15, 0.2) is 30.3 Å². The summed E-state index contributed by atoms with van der Waals surface area (Å²) in [4.78, 5) is 22.9. The lowest BCUT2D eigenvalue weighted by Crippen LogP contribution is -2.29. The van der Waals surface area contributed by atoms with E-state index < -0.39 is 5.97 Å². The zero-order chi connectivity index (χ0) is 17.7. The largest absolute Gasteiger partial charge is 0.480 e. The van der Waals surface area contributed by atoms with E-state index in [4.69, 9.17) is 9.84 Å². The van der Waals surface area contributed by atoms with E-state index >= 15 is 0 Å². The molecule has 0 aliphatic carbocycles. The molecule has 0 atom stereocenters. The van der Waals surface area contributed by atoms with Gasteiger partial charge in [0.1, 0.15) is 6.61 Å². The average molecular weight is 330 g/mol. The Kier molecular flexibility index (Phi) is 5.76. The number of carbonyl (C=O) groups excluding carboxylic acids is 1. The molecule has 0 unspecified atom stereocenters. The molecular formula is C18H22N2O4. The Morgan fingerprint density at radius 3 is 2.42 bits per heavy atom. The van der Waals surface area contributed by atoms with Crippen LogP contribution in [-0.2, 0) is 9.53 Å². The lowest BCUT2D eigenvalue weighted by atomic mass is 10.1. The van der Waals surface area contributed by atoms with Crippen molar-refractivity contribution in [3.05, 3.63) is 52.8 Å². The molecular weight excluding hydrogens is 308 g/mol. The number of hydrogen-bond acceptors (Lipinski definition) is 3. The molecule has 1 aromatic heterocycles. The summed E-state index contributed by atoms with van der Waals surface area (Å²) < 4.78 is 6.96. The SMILES string of the molecule is Cc1ccc(-n2c(C)ccc2C)c(C(=O)NCCOCC(=O)O)c1. The van der Waals surface area contributed by atoms with E-state index in [0.29, 0.717) is 5.56 Å². The van der Waals surface area contributed by atoms with Crippen LogP contribution in [-0.4, -0.2) is 41.3 Å². The fourth-order valence-corrected chi connectivity index (χ4v) is 2.57. The molecule has 0 bridgehead atoms. The standard InChI is InChI=1S/C18H22N2O4/c1-12-4-7-16(20-13(2)5-6-14(20)3)15(10-12)18(23)19-8-9-24-11-17(21)22/h4-7,10H,8-9,11H2,1-3H3,(H,19,23)(H,21,22). The second-order valence-corrected chi connectivity index (χ2v) is 5.67. The van der Waals surface area contributed by atoms with Gasteiger partial charge in [0.15, 0.2) is 0 Å². The highest BCUT2D eigenvalue weighted by Gasteiger charge is 2.15. The van der Waals surface area contributed by atoms with Gasteiger partial charge in [-0.3, -0.25) is 4.79 Å². The number of amides is 1. The van der Waals surface area contributed by atoms with Crippen molar-refractivity contribution in [2.45, 2.75) is 20.8 Å². The number of ether oxygens (including phenoxy) is 1. The topological polar surface area (TPSA) is 80.6 Å². The number of carboxylic acids is 1. The number of nitrogens with one attached hydrogen (secondary N) is 1. The maximum Gasteiger partial charge on any atom is 0.329 e. The van der Waals surface area contributed by atoms with Gasteiger partial charge in [-0.05, 0) is 45.0 Å². The lowest BCUT2D eigenvalue weighted by molar-refractivity contribution is -0.142. The Hall–Kier alpha value is -2.60. The zero-order valence-electron chi connectivity index (χ0n) is 14.1. The summed E-state index contributed by atoms with van der Waals surface area (Å²) in [5.74, 6) is -1.24. The first kappa shape index (κ1) is 17.7. The first-order chi connectivity index (χ1) is 11.4. The van der Waals surface area contributed by atoms with Crippen molar-refractivity contribution < 1.29 is 19.4 Å². The molecule has 2 N–H and O–H groups in total. The smallest absolute Gasteiger partial charge is 0.329 e. The van der Waals surface area contributed by atoms with Crippen LogP contribution in [0, 0.1) is 20.8 Å². The van der Waals surface area contributed by atoms with E-state index in [-0.39, 0.29) is 25.7 Å². The van der Waals surface area contributed by atoms with Gasteiger partial charge in [-0.25, -0.2) is 4.79 Å². The molecule has 24 heavy (non-hydrogen) atoms. The minimum absolute atomic E-state index is 0.154. The Balaban J connectivity index is 2.16. The van der Waals surface area contributed by atoms with E-state index in [2.05, 4.69) is 5.32 Å². The summed E-state index contributed by atoms with van der Waals surface area (Å²) in [5, 5.41) is 11.3. The molecule has 128 valence electrons. The summed E-state index contributed by atoms with van der Waals surface area (Å²) in [6.45, 7) is 5.96. The Morgan fingerprint density at radius 1 is 1.12 bits per heavy atom.